The lowest BCUT2D eigenvalue weighted by atomic mass is 9.74. The number of nitrogens with two attached hydrogens (primary N) is 1. The van der Waals surface area contributed by atoms with Gasteiger partial charge in [-0.1, -0.05) is 0 Å². The van der Waals surface area contributed by atoms with E-state index in [0.717, 1.165) is 0 Å². The molecule has 1 aliphatic carbocycles. The average molecular weight is 350 g/mol. The highest BCUT2D eigenvalue weighted by Crippen LogP contribution is 2.39. The predicted molar refractivity (Wildman–Crippen MR) is 80.4 cm³/mol. The molecule has 0 aliphatic heterocycles. The second-order valence-electron chi connectivity index (χ2n) is 5.87. The molecule has 0 saturated heterocycles. The van der Waals surface area contributed by atoms with E-state index < -0.39 is 34.9 Å². The molecule has 1 saturated carbocycles. The number of carbonyl (C=O) groups excluding carboxylic acids is 1. The van der Waals surface area contributed by atoms with Crippen molar-refractivity contribution in [2.75, 3.05) is 6.61 Å². The zero-order chi connectivity index (χ0) is 18.5. The Labute approximate surface area is 137 Å². The first-order chi connectivity index (χ1) is 11.0. The smallest absolute Gasteiger partial charge is 0.433 e. The largest absolute Gasteiger partial charge is 0.478 e. The maximum Gasteiger partial charge on any atom is 0.433 e. The number of carboxylic acids is 1. The van der Waals surface area contributed by atoms with Gasteiger partial charge in [-0.3, -0.25) is 9.79 Å². The van der Waals surface area contributed by atoms with Gasteiger partial charge in [0.2, 0.25) is 0 Å². The van der Waals surface area contributed by atoms with E-state index in [4.69, 9.17) is 15.6 Å². The summed E-state index contributed by atoms with van der Waals surface area (Å²) in [6.45, 7) is 3.62. The van der Waals surface area contributed by atoms with Gasteiger partial charge in [0.1, 0.15) is 5.57 Å². The molecule has 0 heterocycles. The van der Waals surface area contributed by atoms with Crippen LogP contribution in [-0.2, 0) is 14.3 Å². The van der Waals surface area contributed by atoms with Crippen molar-refractivity contribution >= 4 is 17.7 Å². The van der Waals surface area contributed by atoms with Crippen LogP contribution >= 0.6 is 0 Å². The van der Waals surface area contributed by atoms with Crippen LogP contribution in [0.3, 0.4) is 0 Å². The van der Waals surface area contributed by atoms with Crippen molar-refractivity contribution in [1.29, 1.82) is 0 Å². The number of nitrogens with zero attached hydrogens (tertiary/aromatic N) is 1. The number of ether oxygens (including phenoxy) is 1. The number of carboxylic acid groups (broad SMARTS) is 1. The molecule has 9 heteroatoms. The lowest BCUT2D eigenvalue weighted by molar-refractivity contribution is -0.156. The number of esters is 1. The topological polar surface area (TPSA) is 102 Å². The summed E-state index contributed by atoms with van der Waals surface area (Å²) in [5.74, 6) is -2.17. The van der Waals surface area contributed by atoms with Gasteiger partial charge in [-0.15, -0.1) is 0 Å². The zero-order valence-corrected chi connectivity index (χ0v) is 13.5. The molecule has 1 fully saturated rings. The number of hydrogen-bond donors (Lipinski definition) is 2. The van der Waals surface area contributed by atoms with Crippen molar-refractivity contribution in [1.82, 2.24) is 0 Å². The number of rotatable bonds is 5. The summed E-state index contributed by atoms with van der Waals surface area (Å²) < 4.78 is 44.2. The van der Waals surface area contributed by atoms with E-state index >= 15 is 0 Å². The average Bonchev–Trinajstić information content (AvgIpc) is 2.48. The standard InChI is InChI=1S/C15H21F3N2O4/c1-3-24-13(23)14(2)6-4-9(5-7-14)20-11(15(16,17)18)10(8-19)12(21)22/h8-9H,3-7,19H2,1-2H3,(H,21,22). The number of halogens is 3. The fraction of sp³-hybridized carbons (Fsp3) is 0.667. The van der Waals surface area contributed by atoms with Crippen LogP contribution in [0.5, 0.6) is 0 Å². The van der Waals surface area contributed by atoms with Gasteiger partial charge in [0, 0.05) is 6.20 Å². The molecule has 136 valence electrons. The zero-order valence-electron chi connectivity index (χ0n) is 13.5. The van der Waals surface area contributed by atoms with Gasteiger partial charge in [-0.2, -0.15) is 13.2 Å². The molecule has 3 N–H and O–H groups in total. The van der Waals surface area contributed by atoms with Crippen molar-refractivity contribution in [2.24, 2.45) is 16.1 Å². The summed E-state index contributed by atoms with van der Waals surface area (Å²) in [5.41, 5.74) is 1.68. The molecule has 0 bridgehead atoms. The third-order valence-electron chi connectivity index (χ3n) is 4.06. The first-order valence-electron chi connectivity index (χ1n) is 7.53. The molecular weight excluding hydrogens is 329 g/mol. The van der Waals surface area contributed by atoms with Crippen LogP contribution in [0.15, 0.2) is 16.8 Å². The molecule has 0 amide bonds. The molecule has 1 aliphatic rings. The molecular formula is C15H21F3N2O4. The predicted octanol–water partition coefficient (Wildman–Crippen LogP) is 2.43. The molecule has 24 heavy (non-hydrogen) atoms. The van der Waals surface area contributed by atoms with E-state index in [1.165, 1.54) is 0 Å². The molecule has 0 unspecified atom stereocenters. The Morgan fingerprint density at radius 3 is 2.29 bits per heavy atom. The Hall–Kier alpha value is -2.06. The van der Waals surface area contributed by atoms with E-state index in [2.05, 4.69) is 4.99 Å². The number of aliphatic carboxylic acids is 1. The summed E-state index contributed by atoms with van der Waals surface area (Å²) >= 11 is 0. The lowest BCUT2D eigenvalue weighted by Gasteiger charge is -2.34. The highest BCUT2D eigenvalue weighted by molar-refractivity contribution is 6.21. The second-order valence-corrected chi connectivity index (χ2v) is 5.87. The first-order valence-corrected chi connectivity index (χ1v) is 7.53. The SMILES string of the molecule is CCOC(=O)C1(C)CCC(N=C(C(=CN)C(=O)O)C(F)(F)F)CC1. The maximum absolute atomic E-state index is 13.1. The lowest BCUT2D eigenvalue weighted by Crippen LogP contribution is -2.37. The van der Waals surface area contributed by atoms with Crippen molar-refractivity contribution < 1.29 is 32.6 Å². The third-order valence-corrected chi connectivity index (χ3v) is 4.06. The summed E-state index contributed by atoms with van der Waals surface area (Å²) in [7, 11) is 0. The van der Waals surface area contributed by atoms with Gasteiger partial charge in [-0.05, 0) is 39.5 Å². The molecule has 0 spiro atoms. The van der Waals surface area contributed by atoms with Crippen molar-refractivity contribution in [2.45, 2.75) is 51.7 Å². The molecule has 1 rings (SSSR count). The van der Waals surface area contributed by atoms with E-state index in [0.29, 0.717) is 19.0 Å². The molecule has 0 atom stereocenters. The Morgan fingerprint density at radius 1 is 1.38 bits per heavy atom. The highest BCUT2D eigenvalue weighted by Gasteiger charge is 2.43. The van der Waals surface area contributed by atoms with Gasteiger partial charge in [-0.25, -0.2) is 4.79 Å². The number of carbonyl (C=O) groups is 2. The minimum Gasteiger partial charge on any atom is -0.478 e. The number of aliphatic imine (C=N–C) groups is 1. The van der Waals surface area contributed by atoms with Gasteiger partial charge < -0.3 is 15.6 Å². The molecule has 0 aromatic heterocycles. The number of alkyl halides is 3. The minimum atomic E-state index is -4.93. The Balaban J connectivity index is 2.96. The van der Waals surface area contributed by atoms with Gasteiger partial charge in [0.05, 0.1) is 18.1 Å². The van der Waals surface area contributed by atoms with Gasteiger partial charge in [0.25, 0.3) is 0 Å². The Kier molecular flexibility index (Phi) is 6.39. The summed E-state index contributed by atoms with van der Waals surface area (Å²) in [6.07, 6.45) is -3.44. The molecule has 0 radical (unpaired) electrons. The van der Waals surface area contributed by atoms with E-state index in [9.17, 15) is 22.8 Å². The highest BCUT2D eigenvalue weighted by atomic mass is 19.4. The normalized spacial score (nSPS) is 26.1. The van der Waals surface area contributed by atoms with Crippen molar-refractivity contribution in [3.05, 3.63) is 11.8 Å². The van der Waals surface area contributed by atoms with E-state index in [-0.39, 0.29) is 25.4 Å². The summed E-state index contributed by atoms with van der Waals surface area (Å²) in [4.78, 5) is 26.4. The van der Waals surface area contributed by atoms with Crippen LogP contribution in [0.1, 0.15) is 39.5 Å². The molecule has 0 aromatic carbocycles. The third kappa shape index (κ3) is 4.72. The molecule has 0 aromatic rings. The van der Waals surface area contributed by atoms with Crippen LogP contribution < -0.4 is 5.73 Å². The van der Waals surface area contributed by atoms with Gasteiger partial charge in [0.15, 0.2) is 5.71 Å². The Morgan fingerprint density at radius 2 is 1.92 bits per heavy atom. The monoisotopic (exact) mass is 350 g/mol. The maximum atomic E-state index is 13.1. The first kappa shape index (κ1) is 20.0. The van der Waals surface area contributed by atoms with Crippen LogP contribution in [0.2, 0.25) is 0 Å². The summed E-state index contributed by atoms with van der Waals surface area (Å²) in [6, 6.07) is -0.724. The quantitative estimate of drug-likeness (QED) is 0.450. The van der Waals surface area contributed by atoms with Crippen LogP contribution in [0.25, 0.3) is 0 Å². The van der Waals surface area contributed by atoms with Crippen LogP contribution in [-0.4, -0.2) is 41.6 Å². The minimum absolute atomic E-state index is 0.229. The Bertz CT molecular complexity index is 547. The molecule has 6 nitrogen and oxygen atoms in total. The van der Waals surface area contributed by atoms with Gasteiger partial charge >= 0.3 is 18.1 Å². The summed E-state index contributed by atoms with van der Waals surface area (Å²) in [5, 5.41) is 8.86. The second kappa shape index (κ2) is 7.67. The van der Waals surface area contributed by atoms with Crippen LogP contribution in [0.4, 0.5) is 13.2 Å². The van der Waals surface area contributed by atoms with Crippen LogP contribution in [0, 0.1) is 5.41 Å². The van der Waals surface area contributed by atoms with Crippen molar-refractivity contribution in [3.63, 3.8) is 0 Å². The van der Waals surface area contributed by atoms with Crippen molar-refractivity contribution in [3.8, 4) is 0 Å². The number of hydrogen-bond acceptors (Lipinski definition) is 5. The fourth-order valence-corrected chi connectivity index (χ4v) is 2.61. The fourth-order valence-electron chi connectivity index (χ4n) is 2.61. The van der Waals surface area contributed by atoms with E-state index in [1.807, 2.05) is 0 Å². The van der Waals surface area contributed by atoms with E-state index in [1.54, 1.807) is 13.8 Å².